The van der Waals surface area contributed by atoms with Gasteiger partial charge in [-0.2, -0.15) is 0 Å². The largest absolute Gasteiger partial charge is 0.507 e. The molecule has 1 amide bonds. The van der Waals surface area contributed by atoms with Gasteiger partial charge < -0.3 is 14.9 Å². The first kappa shape index (κ1) is 21.2. The number of carbonyl (C=O) groups is 2. The highest BCUT2D eigenvalue weighted by atomic mass is 16.6. The van der Waals surface area contributed by atoms with Crippen LogP contribution in [0.5, 0.6) is 0 Å². The zero-order valence-electron chi connectivity index (χ0n) is 17.0. The van der Waals surface area contributed by atoms with E-state index in [1.54, 1.807) is 30.3 Å². The second-order valence-electron chi connectivity index (χ2n) is 7.51. The Hall–Kier alpha value is -3.52. The SMILES string of the molecule is Cc1ccc(/C(O)=C2\C(=O)C(=O)N(CCN(C)C)[C@@H]2c2cccc([N+](=O)[O-])c2)cc1. The van der Waals surface area contributed by atoms with Crippen molar-refractivity contribution in [1.82, 2.24) is 9.80 Å². The van der Waals surface area contributed by atoms with Crippen LogP contribution in [0.25, 0.3) is 5.76 Å². The molecule has 0 bridgehead atoms. The molecule has 0 saturated carbocycles. The molecule has 2 aromatic carbocycles. The van der Waals surface area contributed by atoms with Gasteiger partial charge in [0, 0.05) is 30.8 Å². The van der Waals surface area contributed by atoms with Gasteiger partial charge in [-0.15, -0.1) is 0 Å². The monoisotopic (exact) mass is 409 g/mol. The zero-order chi connectivity index (χ0) is 22.0. The van der Waals surface area contributed by atoms with Crippen molar-refractivity contribution in [2.45, 2.75) is 13.0 Å². The van der Waals surface area contributed by atoms with Crippen LogP contribution in [0.4, 0.5) is 5.69 Å². The Morgan fingerprint density at radius 2 is 1.83 bits per heavy atom. The molecular formula is C22H23N3O5. The number of benzene rings is 2. The highest BCUT2D eigenvalue weighted by Crippen LogP contribution is 2.40. The van der Waals surface area contributed by atoms with Gasteiger partial charge in [-0.05, 0) is 26.6 Å². The van der Waals surface area contributed by atoms with Crippen LogP contribution >= 0.6 is 0 Å². The van der Waals surface area contributed by atoms with Crippen molar-refractivity contribution in [3.8, 4) is 0 Å². The normalized spacial score (nSPS) is 18.3. The molecule has 1 fully saturated rings. The highest BCUT2D eigenvalue weighted by molar-refractivity contribution is 6.46. The number of ketones is 1. The quantitative estimate of drug-likeness (QED) is 0.259. The average molecular weight is 409 g/mol. The third kappa shape index (κ3) is 4.08. The molecule has 8 heteroatoms. The lowest BCUT2D eigenvalue weighted by atomic mass is 9.94. The van der Waals surface area contributed by atoms with Gasteiger partial charge in [0.05, 0.1) is 16.5 Å². The molecule has 30 heavy (non-hydrogen) atoms. The lowest BCUT2D eigenvalue weighted by Crippen LogP contribution is -2.35. The number of rotatable bonds is 6. The Morgan fingerprint density at radius 3 is 2.43 bits per heavy atom. The van der Waals surface area contributed by atoms with E-state index >= 15 is 0 Å². The number of likely N-dealkylation sites (tertiary alicyclic amines) is 1. The molecule has 0 spiro atoms. The Balaban J connectivity index is 2.17. The van der Waals surface area contributed by atoms with E-state index in [-0.39, 0.29) is 23.6 Å². The number of nitro groups is 1. The Morgan fingerprint density at radius 1 is 1.17 bits per heavy atom. The fourth-order valence-electron chi connectivity index (χ4n) is 3.44. The second kappa shape index (κ2) is 8.46. The molecule has 8 nitrogen and oxygen atoms in total. The van der Waals surface area contributed by atoms with Crippen molar-refractivity contribution < 1.29 is 19.6 Å². The van der Waals surface area contributed by atoms with Crippen LogP contribution in [0.3, 0.4) is 0 Å². The smallest absolute Gasteiger partial charge is 0.295 e. The van der Waals surface area contributed by atoms with E-state index in [1.165, 1.54) is 23.1 Å². The number of Topliss-reactive ketones (excluding diaryl/α,β-unsaturated/α-hetero) is 1. The van der Waals surface area contributed by atoms with Crippen LogP contribution in [0.1, 0.15) is 22.7 Å². The Kier molecular flexibility index (Phi) is 5.98. The maximum atomic E-state index is 12.9. The Bertz CT molecular complexity index is 1030. The van der Waals surface area contributed by atoms with Crippen molar-refractivity contribution in [3.63, 3.8) is 0 Å². The molecule has 0 aliphatic carbocycles. The summed E-state index contributed by atoms with van der Waals surface area (Å²) < 4.78 is 0. The number of aliphatic hydroxyl groups excluding tert-OH is 1. The summed E-state index contributed by atoms with van der Waals surface area (Å²) in [5.41, 5.74) is 1.56. The molecule has 1 aliphatic heterocycles. The number of nitro benzene ring substituents is 1. The number of hydrogen-bond donors (Lipinski definition) is 1. The third-order valence-corrected chi connectivity index (χ3v) is 5.05. The van der Waals surface area contributed by atoms with E-state index in [1.807, 2.05) is 25.9 Å². The van der Waals surface area contributed by atoms with Crippen LogP contribution in [-0.4, -0.2) is 58.7 Å². The molecule has 0 unspecified atom stereocenters. The fraction of sp³-hybridized carbons (Fsp3) is 0.273. The molecule has 0 aromatic heterocycles. The van der Waals surface area contributed by atoms with Crippen LogP contribution in [0.15, 0.2) is 54.1 Å². The summed E-state index contributed by atoms with van der Waals surface area (Å²) >= 11 is 0. The third-order valence-electron chi connectivity index (χ3n) is 5.05. The predicted octanol–water partition coefficient (Wildman–Crippen LogP) is 2.89. The van der Waals surface area contributed by atoms with Crippen molar-refractivity contribution in [2.75, 3.05) is 27.2 Å². The van der Waals surface area contributed by atoms with Crippen molar-refractivity contribution in [3.05, 3.63) is 80.9 Å². The molecule has 2 aromatic rings. The van der Waals surface area contributed by atoms with E-state index in [9.17, 15) is 24.8 Å². The van der Waals surface area contributed by atoms with Gasteiger partial charge in [0.2, 0.25) is 0 Å². The summed E-state index contributed by atoms with van der Waals surface area (Å²) in [4.78, 5) is 39.6. The van der Waals surface area contributed by atoms with E-state index in [0.29, 0.717) is 17.7 Å². The highest BCUT2D eigenvalue weighted by Gasteiger charge is 2.46. The van der Waals surface area contributed by atoms with Gasteiger partial charge in [-0.1, -0.05) is 42.0 Å². The molecule has 1 N–H and O–H groups in total. The number of non-ortho nitro benzene ring substituents is 1. The number of nitrogens with zero attached hydrogens (tertiary/aromatic N) is 3. The van der Waals surface area contributed by atoms with Crippen LogP contribution in [0.2, 0.25) is 0 Å². The molecule has 0 radical (unpaired) electrons. The van der Waals surface area contributed by atoms with Crippen molar-refractivity contribution in [1.29, 1.82) is 0 Å². The summed E-state index contributed by atoms with van der Waals surface area (Å²) in [5.74, 6) is -1.83. The number of aryl methyl sites for hydroxylation is 1. The van der Waals surface area contributed by atoms with Gasteiger partial charge in [0.25, 0.3) is 17.4 Å². The molecule has 3 rings (SSSR count). The summed E-state index contributed by atoms with van der Waals surface area (Å²) in [7, 11) is 3.68. The maximum Gasteiger partial charge on any atom is 0.295 e. The van der Waals surface area contributed by atoms with Gasteiger partial charge in [0.1, 0.15) is 5.76 Å². The lowest BCUT2D eigenvalue weighted by Gasteiger charge is -2.26. The molecule has 1 aliphatic rings. The van der Waals surface area contributed by atoms with E-state index in [4.69, 9.17) is 0 Å². The maximum absolute atomic E-state index is 12.9. The van der Waals surface area contributed by atoms with Crippen molar-refractivity contribution in [2.24, 2.45) is 0 Å². The van der Waals surface area contributed by atoms with Gasteiger partial charge in [-0.25, -0.2) is 0 Å². The number of likely N-dealkylation sites (N-methyl/N-ethyl adjacent to an activating group) is 1. The number of hydrogen-bond acceptors (Lipinski definition) is 6. The second-order valence-corrected chi connectivity index (χ2v) is 7.51. The molecule has 1 heterocycles. The zero-order valence-corrected chi connectivity index (χ0v) is 17.0. The Labute approximate surface area is 174 Å². The number of carbonyl (C=O) groups excluding carboxylic acids is 2. The molecule has 1 atom stereocenters. The minimum Gasteiger partial charge on any atom is -0.507 e. The standard InChI is InChI=1S/C22H23N3O5/c1-14-7-9-15(10-8-14)20(26)18-19(16-5-4-6-17(13-16)25(29)30)24(12-11-23(2)3)22(28)21(18)27/h4-10,13,19,26H,11-12H2,1-3H3/b20-18+/t19-/m1/s1. The molecular weight excluding hydrogens is 386 g/mol. The van der Waals surface area contributed by atoms with Crippen LogP contribution < -0.4 is 0 Å². The van der Waals surface area contributed by atoms with Gasteiger partial charge in [0.15, 0.2) is 0 Å². The van der Waals surface area contributed by atoms with Gasteiger partial charge in [-0.3, -0.25) is 19.7 Å². The summed E-state index contributed by atoms with van der Waals surface area (Å²) in [6.07, 6.45) is 0. The topological polar surface area (TPSA) is 104 Å². The summed E-state index contributed by atoms with van der Waals surface area (Å²) in [6, 6.07) is 11.8. The van der Waals surface area contributed by atoms with E-state index in [0.717, 1.165) is 5.56 Å². The number of aliphatic hydroxyl groups is 1. The fourth-order valence-corrected chi connectivity index (χ4v) is 3.44. The molecule has 1 saturated heterocycles. The minimum absolute atomic E-state index is 0.0666. The predicted molar refractivity (Wildman–Crippen MR) is 112 cm³/mol. The summed E-state index contributed by atoms with van der Waals surface area (Å²) in [5, 5.41) is 22.2. The lowest BCUT2D eigenvalue weighted by molar-refractivity contribution is -0.384. The first-order valence-corrected chi connectivity index (χ1v) is 9.45. The number of amides is 1. The minimum atomic E-state index is -0.911. The average Bonchev–Trinajstić information content (AvgIpc) is 2.97. The summed E-state index contributed by atoms with van der Waals surface area (Å²) in [6.45, 7) is 2.62. The van der Waals surface area contributed by atoms with Gasteiger partial charge >= 0.3 is 0 Å². The first-order valence-electron chi connectivity index (χ1n) is 9.45. The van der Waals surface area contributed by atoms with Crippen LogP contribution in [0, 0.1) is 17.0 Å². The van der Waals surface area contributed by atoms with Crippen molar-refractivity contribution >= 4 is 23.1 Å². The van der Waals surface area contributed by atoms with Crippen LogP contribution in [-0.2, 0) is 9.59 Å². The van der Waals surface area contributed by atoms with E-state index < -0.39 is 22.7 Å². The van der Waals surface area contributed by atoms with E-state index in [2.05, 4.69) is 0 Å². The first-order chi connectivity index (χ1) is 14.2. The molecule has 156 valence electrons.